The summed E-state index contributed by atoms with van der Waals surface area (Å²) in [6, 6.07) is 36.0. The van der Waals surface area contributed by atoms with Crippen molar-refractivity contribution in [3.05, 3.63) is 161 Å². The van der Waals surface area contributed by atoms with Gasteiger partial charge in [-0.3, -0.25) is 9.59 Å². The molecule has 4 heteroatoms. The molecule has 4 atom stereocenters. The van der Waals surface area contributed by atoms with Gasteiger partial charge in [-0.2, -0.15) is 0 Å². The van der Waals surface area contributed by atoms with E-state index in [4.69, 9.17) is 0 Å². The summed E-state index contributed by atoms with van der Waals surface area (Å²) in [6.07, 6.45) is 6.68. The van der Waals surface area contributed by atoms with Gasteiger partial charge in [0.15, 0.2) is 0 Å². The Labute approximate surface area is 261 Å². The Morgan fingerprint density at radius 3 is 1.80 bits per heavy atom. The Bertz CT molecular complexity index is 1680. The minimum atomic E-state index is -0.0421. The monoisotopic (exact) mass is 580 g/mol. The third kappa shape index (κ3) is 5.77. The van der Waals surface area contributed by atoms with Crippen molar-refractivity contribution in [1.82, 2.24) is 9.80 Å². The zero-order valence-corrected chi connectivity index (χ0v) is 25.6. The van der Waals surface area contributed by atoms with E-state index in [0.29, 0.717) is 13.1 Å². The van der Waals surface area contributed by atoms with Crippen LogP contribution in [0.5, 0.6) is 0 Å². The zero-order valence-electron chi connectivity index (χ0n) is 25.6. The number of carbonyl (C=O) groups is 2. The number of hydrogen-bond donors (Lipinski definition) is 0. The summed E-state index contributed by atoms with van der Waals surface area (Å²) < 4.78 is 0. The van der Waals surface area contributed by atoms with Crippen LogP contribution in [0.1, 0.15) is 64.6 Å². The van der Waals surface area contributed by atoms with E-state index >= 15 is 0 Å². The van der Waals surface area contributed by atoms with Crippen LogP contribution in [0.15, 0.2) is 122 Å². The van der Waals surface area contributed by atoms with Gasteiger partial charge in [-0.05, 0) is 77.8 Å². The largest absolute Gasteiger partial charge is 0.335 e. The van der Waals surface area contributed by atoms with Gasteiger partial charge in [0.1, 0.15) is 0 Å². The lowest BCUT2D eigenvalue weighted by Crippen LogP contribution is -2.41. The predicted molar refractivity (Wildman–Crippen MR) is 178 cm³/mol. The van der Waals surface area contributed by atoms with E-state index in [1.807, 2.05) is 28.0 Å². The van der Waals surface area contributed by atoms with Crippen molar-refractivity contribution in [2.75, 3.05) is 13.1 Å². The highest BCUT2D eigenvalue weighted by Crippen LogP contribution is 2.38. The molecule has 0 saturated carbocycles. The highest BCUT2D eigenvalue weighted by Gasteiger charge is 2.34. The van der Waals surface area contributed by atoms with Gasteiger partial charge in [0.2, 0.25) is 11.8 Å². The zero-order chi connectivity index (χ0) is 30.6. The molecule has 0 bridgehead atoms. The number of rotatable bonds is 5. The number of fused-ring (bicyclic) bond motifs is 2. The SMILES string of the molecule is C=CC(=O)N1CCc2cc(/C=C\C(=O)N3CCc4ccccc4[C@H](c4ccccc4)[C@H]3C)ccc2[C@H](c2ccccc2)[C@@H]1C. The fourth-order valence-electron chi connectivity index (χ4n) is 7.32. The topological polar surface area (TPSA) is 40.6 Å². The molecule has 0 spiro atoms. The van der Waals surface area contributed by atoms with E-state index in [1.54, 1.807) is 6.08 Å². The van der Waals surface area contributed by atoms with Gasteiger partial charge in [0.25, 0.3) is 0 Å². The number of benzene rings is 4. The second-order valence-corrected chi connectivity index (χ2v) is 12.0. The summed E-state index contributed by atoms with van der Waals surface area (Å²) in [5, 5.41) is 0. The summed E-state index contributed by atoms with van der Waals surface area (Å²) in [7, 11) is 0. The molecule has 0 N–H and O–H groups in total. The molecule has 0 aromatic heterocycles. The van der Waals surface area contributed by atoms with Crippen molar-refractivity contribution in [2.24, 2.45) is 0 Å². The Morgan fingerprint density at radius 2 is 1.18 bits per heavy atom. The molecule has 4 aromatic carbocycles. The summed E-state index contributed by atoms with van der Waals surface area (Å²) >= 11 is 0. The number of carbonyl (C=O) groups excluding carboxylic acids is 2. The molecule has 0 unspecified atom stereocenters. The first-order chi connectivity index (χ1) is 21.5. The molecule has 4 nitrogen and oxygen atoms in total. The van der Waals surface area contributed by atoms with Crippen LogP contribution in [0.4, 0.5) is 0 Å². The highest BCUT2D eigenvalue weighted by atomic mass is 16.2. The van der Waals surface area contributed by atoms with Crippen molar-refractivity contribution in [3.8, 4) is 0 Å². The van der Waals surface area contributed by atoms with Crippen LogP contribution in [0, 0.1) is 0 Å². The molecule has 0 radical (unpaired) electrons. The van der Waals surface area contributed by atoms with E-state index in [1.165, 1.54) is 39.5 Å². The molecule has 2 heterocycles. The lowest BCUT2D eigenvalue weighted by atomic mass is 9.83. The van der Waals surface area contributed by atoms with Crippen LogP contribution in [0.2, 0.25) is 0 Å². The summed E-state index contributed by atoms with van der Waals surface area (Å²) in [4.78, 5) is 30.6. The quantitative estimate of drug-likeness (QED) is 0.231. The Balaban J connectivity index is 1.29. The summed E-state index contributed by atoms with van der Waals surface area (Å²) in [5.74, 6) is 0.142. The first-order valence-corrected chi connectivity index (χ1v) is 15.7. The number of amides is 2. The summed E-state index contributed by atoms with van der Waals surface area (Å²) in [6.45, 7) is 9.36. The van der Waals surface area contributed by atoms with E-state index < -0.39 is 0 Å². The first-order valence-electron chi connectivity index (χ1n) is 15.7. The van der Waals surface area contributed by atoms with Crippen LogP contribution in [0.25, 0.3) is 6.08 Å². The molecule has 4 aromatic rings. The molecule has 2 aliphatic rings. The van der Waals surface area contributed by atoms with Gasteiger partial charge >= 0.3 is 0 Å². The Kier molecular flexibility index (Phi) is 8.60. The second-order valence-electron chi connectivity index (χ2n) is 12.0. The summed E-state index contributed by atoms with van der Waals surface area (Å²) in [5.41, 5.74) is 8.47. The molecular weight excluding hydrogens is 540 g/mol. The van der Waals surface area contributed by atoms with Crippen LogP contribution >= 0.6 is 0 Å². The molecule has 2 aliphatic heterocycles. The third-order valence-electron chi connectivity index (χ3n) is 9.56. The van der Waals surface area contributed by atoms with Crippen LogP contribution in [-0.2, 0) is 22.4 Å². The highest BCUT2D eigenvalue weighted by molar-refractivity contribution is 5.92. The fourth-order valence-corrected chi connectivity index (χ4v) is 7.32. The van der Waals surface area contributed by atoms with Gasteiger partial charge in [-0.15, -0.1) is 0 Å². The first kappa shape index (κ1) is 29.4. The van der Waals surface area contributed by atoms with Gasteiger partial charge in [-0.1, -0.05) is 110 Å². The maximum absolute atomic E-state index is 13.8. The van der Waals surface area contributed by atoms with Crippen molar-refractivity contribution in [3.63, 3.8) is 0 Å². The Morgan fingerprint density at radius 1 is 0.659 bits per heavy atom. The van der Waals surface area contributed by atoms with Gasteiger partial charge in [0, 0.05) is 43.1 Å². The van der Waals surface area contributed by atoms with Crippen LogP contribution < -0.4 is 0 Å². The standard InChI is InChI=1S/C40H40N2O2/c1-4-37(43)41-26-24-34-27-30(19-21-36(34)40(28(41)2)33-16-9-6-10-17-33)20-22-38(44)42-25-23-31-13-11-12-18-35(31)39(29(42)3)32-14-7-5-8-15-32/h4-22,27-29,39-40H,1,23-26H2,2-3H3/b22-20-/t28-,29+,39-,40-/m0/s1. The van der Waals surface area contributed by atoms with Crippen molar-refractivity contribution >= 4 is 17.9 Å². The van der Waals surface area contributed by atoms with Crippen molar-refractivity contribution < 1.29 is 9.59 Å². The average molecular weight is 581 g/mol. The molecule has 6 rings (SSSR count). The third-order valence-corrected chi connectivity index (χ3v) is 9.56. The minimum Gasteiger partial charge on any atom is -0.335 e. The van der Waals surface area contributed by atoms with Crippen LogP contribution in [-0.4, -0.2) is 46.8 Å². The molecule has 0 aliphatic carbocycles. The van der Waals surface area contributed by atoms with Crippen LogP contribution in [0.3, 0.4) is 0 Å². The van der Waals surface area contributed by atoms with E-state index in [0.717, 1.165) is 18.4 Å². The van der Waals surface area contributed by atoms with Gasteiger partial charge in [-0.25, -0.2) is 0 Å². The molecular formula is C40H40N2O2. The number of hydrogen-bond acceptors (Lipinski definition) is 2. The molecule has 0 saturated heterocycles. The minimum absolute atomic E-state index is 0.00624. The maximum atomic E-state index is 13.8. The van der Waals surface area contributed by atoms with Gasteiger partial charge < -0.3 is 9.80 Å². The van der Waals surface area contributed by atoms with E-state index in [2.05, 4.69) is 111 Å². The van der Waals surface area contributed by atoms with Gasteiger partial charge in [0.05, 0.1) is 0 Å². The maximum Gasteiger partial charge on any atom is 0.246 e. The molecule has 2 amide bonds. The lowest BCUT2D eigenvalue weighted by Gasteiger charge is -2.33. The predicted octanol–water partition coefficient (Wildman–Crippen LogP) is 7.40. The lowest BCUT2D eigenvalue weighted by molar-refractivity contribution is -0.128. The van der Waals surface area contributed by atoms with E-state index in [9.17, 15) is 9.59 Å². The van der Waals surface area contributed by atoms with E-state index in [-0.39, 0.29) is 35.7 Å². The Hall–Kier alpha value is -4.70. The van der Waals surface area contributed by atoms with Crippen molar-refractivity contribution in [2.45, 2.75) is 50.6 Å². The fraction of sp³-hybridized carbons (Fsp3) is 0.250. The molecule has 222 valence electrons. The smallest absolute Gasteiger partial charge is 0.246 e. The number of nitrogens with zero attached hydrogens (tertiary/aromatic N) is 2. The average Bonchev–Trinajstić information content (AvgIpc) is 3.30. The molecule has 0 fully saturated rings. The second kappa shape index (κ2) is 12.9. The molecule has 44 heavy (non-hydrogen) atoms. The normalized spacial score (nSPS) is 21.6. The van der Waals surface area contributed by atoms with Crippen molar-refractivity contribution in [1.29, 1.82) is 0 Å².